The molecular formula is C18H13F3N2O4. The molecule has 3 aromatic rings. The number of carbonyl (C=O) groups excluding carboxylic acids is 1. The van der Waals surface area contributed by atoms with E-state index in [-0.39, 0.29) is 23.9 Å². The minimum Gasteiger partial charge on any atom is -0.497 e. The van der Waals surface area contributed by atoms with Crippen molar-refractivity contribution >= 4 is 5.97 Å². The van der Waals surface area contributed by atoms with E-state index in [2.05, 4.69) is 10.1 Å². The third-order valence-corrected chi connectivity index (χ3v) is 3.57. The number of alkyl halides is 3. The molecule has 0 radical (unpaired) electrons. The van der Waals surface area contributed by atoms with E-state index in [9.17, 15) is 18.0 Å². The van der Waals surface area contributed by atoms with Crippen LogP contribution in [0.2, 0.25) is 0 Å². The summed E-state index contributed by atoms with van der Waals surface area (Å²) >= 11 is 0. The van der Waals surface area contributed by atoms with Crippen LogP contribution in [-0.2, 0) is 17.5 Å². The fourth-order valence-electron chi connectivity index (χ4n) is 2.20. The molecule has 0 spiro atoms. The SMILES string of the molecule is COc1cccc(-c2noc(COC(=O)c3ccc(C(F)(F)F)cc3)n2)c1. The summed E-state index contributed by atoms with van der Waals surface area (Å²) in [5.41, 5.74) is -0.215. The van der Waals surface area contributed by atoms with E-state index < -0.39 is 17.7 Å². The van der Waals surface area contributed by atoms with Gasteiger partial charge in [-0.2, -0.15) is 18.2 Å². The van der Waals surface area contributed by atoms with E-state index in [1.807, 2.05) is 0 Å². The summed E-state index contributed by atoms with van der Waals surface area (Å²) in [5, 5.41) is 3.79. The fourth-order valence-corrected chi connectivity index (χ4v) is 2.20. The maximum atomic E-state index is 12.5. The number of aromatic nitrogens is 2. The second-order valence-electron chi connectivity index (χ2n) is 5.39. The molecule has 140 valence electrons. The van der Waals surface area contributed by atoms with Gasteiger partial charge >= 0.3 is 12.1 Å². The predicted molar refractivity (Wildman–Crippen MR) is 86.8 cm³/mol. The Labute approximate surface area is 151 Å². The first-order chi connectivity index (χ1) is 12.9. The predicted octanol–water partition coefficient (Wildman–Crippen LogP) is 4.12. The fraction of sp³-hybridized carbons (Fsp3) is 0.167. The highest BCUT2D eigenvalue weighted by Gasteiger charge is 2.30. The highest BCUT2D eigenvalue weighted by molar-refractivity contribution is 5.89. The lowest BCUT2D eigenvalue weighted by Crippen LogP contribution is -2.08. The molecule has 9 heteroatoms. The van der Waals surface area contributed by atoms with E-state index in [1.54, 1.807) is 24.3 Å². The lowest BCUT2D eigenvalue weighted by atomic mass is 10.1. The minimum absolute atomic E-state index is 0.0180. The van der Waals surface area contributed by atoms with Gasteiger partial charge in [-0.15, -0.1) is 0 Å². The standard InChI is InChI=1S/C18H13F3N2O4/c1-25-14-4-2-3-12(9-14)16-22-15(27-23-16)10-26-17(24)11-5-7-13(8-6-11)18(19,20)21/h2-9H,10H2,1H3. The molecule has 0 saturated carbocycles. The van der Waals surface area contributed by atoms with Gasteiger partial charge in [-0.3, -0.25) is 0 Å². The van der Waals surface area contributed by atoms with E-state index in [4.69, 9.17) is 14.0 Å². The van der Waals surface area contributed by atoms with Crippen molar-refractivity contribution in [1.82, 2.24) is 10.1 Å². The molecule has 27 heavy (non-hydrogen) atoms. The van der Waals surface area contributed by atoms with Gasteiger partial charge in [0.2, 0.25) is 5.82 Å². The van der Waals surface area contributed by atoms with E-state index in [1.165, 1.54) is 7.11 Å². The van der Waals surface area contributed by atoms with Gasteiger partial charge in [0.1, 0.15) is 5.75 Å². The maximum Gasteiger partial charge on any atom is 0.416 e. The number of hydrogen-bond acceptors (Lipinski definition) is 6. The Morgan fingerprint density at radius 1 is 1.15 bits per heavy atom. The van der Waals surface area contributed by atoms with Crippen molar-refractivity contribution in [3.63, 3.8) is 0 Å². The zero-order valence-corrected chi connectivity index (χ0v) is 14.0. The van der Waals surface area contributed by atoms with Gasteiger partial charge in [-0.25, -0.2) is 4.79 Å². The summed E-state index contributed by atoms with van der Waals surface area (Å²) in [4.78, 5) is 16.0. The highest BCUT2D eigenvalue weighted by atomic mass is 19.4. The Kier molecular flexibility index (Phi) is 5.11. The van der Waals surface area contributed by atoms with E-state index in [0.29, 0.717) is 11.3 Å². The number of esters is 1. The normalized spacial score (nSPS) is 11.3. The molecule has 0 saturated heterocycles. The molecule has 0 fully saturated rings. The molecule has 3 rings (SSSR count). The van der Waals surface area contributed by atoms with Crippen molar-refractivity contribution in [2.45, 2.75) is 12.8 Å². The third kappa shape index (κ3) is 4.43. The second-order valence-corrected chi connectivity index (χ2v) is 5.39. The van der Waals surface area contributed by atoms with Gasteiger partial charge in [0.15, 0.2) is 6.61 Å². The summed E-state index contributed by atoms with van der Waals surface area (Å²) < 4.78 is 52.7. The van der Waals surface area contributed by atoms with Gasteiger partial charge in [-0.05, 0) is 36.4 Å². The number of halogens is 3. The largest absolute Gasteiger partial charge is 0.497 e. The van der Waals surface area contributed by atoms with Gasteiger partial charge in [-0.1, -0.05) is 17.3 Å². The lowest BCUT2D eigenvalue weighted by molar-refractivity contribution is -0.137. The first-order valence-corrected chi connectivity index (χ1v) is 7.68. The Morgan fingerprint density at radius 2 is 1.89 bits per heavy atom. The van der Waals surface area contributed by atoms with Crippen molar-refractivity contribution in [3.05, 3.63) is 65.5 Å². The Hall–Kier alpha value is -3.36. The van der Waals surface area contributed by atoms with Gasteiger partial charge < -0.3 is 14.0 Å². The Bertz CT molecular complexity index is 936. The van der Waals surface area contributed by atoms with Crippen LogP contribution < -0.4 is 4.74 Å². The number of carbonyl (C=O) groups is 1. The Morgan fingerprint density at radius 3 is 2.56 bits per heavy atom. The van der Waals surface area contributed by atoms with Crippen molar-refractivity contribution in [3.8, 4) is 17.1 Å². The molecule has 0 amide bonds. The van der Waals surface area contributed by atoms with Gasteiger partial charge in [0.05, 0.1) is 18.2 Å². The van der Waals surface area contributed by atoms with Gasteiger partial charge in [0, 0.05) is 5.56 Å². The zero-order chi connectivity index (χ0) is 19.4. The molecule has 0 aliphatic heterocycles. The average Bonchev–Trinajstić information content (AvgIpc) is 3.14. The molecular weight excluding hydrogens is 365 g/mol. The van der Waals surface area contributed by atoms with Gasteiger partial charge in [0.25, 0.3) is 5.89 Å². The minimum atomic E-state index is -4.47. The van der Waals surface area contributed by atoms with Crippen LogP contribution >= 0.6 is 0 Å². The lowest BCUT2D eigenvalue weighted by Gasteiger charge is -2.07. The molecule has 0 atom stereocenters. The van der Waals surface area contributed by atoms with Crippen LogP contribution in [0.3, 0.4) is 0 Å². The second kappa shape index (κ2) is 7.48. The summed E-state index contributed by atoms with van der Waals surface area (Å²) in [7, 11) is 1.53. The number of rotatable bonds is 5. The van der Waals surface area contributed by atoms with Crippen LogP contribution in [0.5, 0.6) is 5.75 Å². The number of benzene rings is 2. The van der Waals surface area contributed by atoms with Crippen LogP contribution in [0.1, 0.15) is 21.8 Å². The number of methoxy groups -OCH3 is 1. The third-order valence-electron chi connectivity index (χ3n) is 3.57. The molecule has 6 nitrogen and oxygen atoms in total. The average molecular weight is 378 g/mol. The van der Waals surface area contributed by atoms with Crippen LogP contribution in [0.15, 0.2) is 53.1 Å². The van der Waals surface area contributed by atoms with Crippen LogP contribution in [0, 0.1) is 0 Å². The summed E-state index contributed by atoms with van der Waals surface area (Å²) in [6.45, 7) is -0.309. The molecule has 0 bridgehead atoms. The van der Waals surface area contributed by atoms with Crippen LogP contribution in [0.4, 0.5) is 13.2 Å². The highest BCUT2D eigenvalue weighted by Crippen LogP contribution is 2.29. The van der Waals surface area contributed by atoms with Crippen molar-refractivity contribution in [2.75, 3.05) is 7.11 Å². The van der Waals surface area contributed by atoms with E-state index >= 15 is 0 Å². The quantitative estimate of drug-likeness (QED) is 0.622. The smallest absolute Gasteiger partial charge is 0.416 e. The molecule has 0 aliphatic carbocycles. The molecule has 0 aliphatic rings. The molecule has 1 aromatic heterocycles. The Balaban J connectivity index is 1.63. The van der Waals surface area contributed by atoms with Crippen LogP contribution in [-0.4, -0.2) is 23.2 Å². The number of hydrogen-bond donors (Lipinski definition) is 0. The number of ether oxygens (including phenoxy) is 2. The number of nitrogens with zero attached hydrogens (tertiary/aromatic N) is 2. The molecule has 0 N–H and O–H groups in total. The maximum absolute atomic E-state index is 12.5. The molecule has 2 aromatic carbocycles. The van der Waals surface area contributed by atoms with Crippen molar-refractivity contribution in [2.24, 2.45) is 0 Å². The van der Waals surface area contributed by atoms with E-state index in [0.717, 1.165) is 24.3 Å². The molecule has 0 unspecified atom stereocenters. The zero-order valence-electron chi connectivity index (χ0n) is 14.0. The van der Waals surface area contributed by atoms with Crippen molar-refractivity contribution < 1.29 is 32.0 Å². The van der Waals surface area contributed by atoms with Crippen LogP contribution in [0.25, 0.3) is 11.4 Å². The monoisotopic (exact) mass is 378 g/mol. The summed E-state index contributed by atoms with van der Waals surface area (Å²) in [5.74, 6) is 0.153. The van der Waals surface area contributed by atoms with Crippen molar-refractivity contribution in [1.29, 1.82) is 0 Å². The first kappa shape index (κ1) is 18.4. The summed E-state index contributed by atoms with van der Waals surface area (Å²) in [6, 6.07) is 10.7. The summed E-state index contributed by atoms with van der Waals surface area (Å²) in [6.07, 6.45) is -4.47. The molecule has 1 heterocycles. The topological polar surface area (TPSA) is 74.5 Å². The first-order valence-electron chi connectivity index (χ1n) is 7.68.